The number of nitrogens with zero attached hydrogens (tertiary/aromatic N) is 2. The summed E-state index contributed by atoms with van der Waals surface area (Å²) >= 11 is 0. The topological polar surface area (TPSA) is 49.6 Å². The van der Waals surface area contributed by atoms with Crippen LogP contribution in [0, 0.1) is 12.8 Å². The van der Waals surface area contributed by atoms with Crippen LogP contribution in [0.2, 0.25) is 0 Å². The van der Waals surface area contributed by atoms with Crippen molar-refractivity contribution in [2.75, 3.05) is 26.2 Å². The molecule has 0 radical (unpaired) electrons. The van der Waals surface area contributed by atoms with Gasteiger partial charge in [-0.3, -0.25) is 9.69 Å². The number of carbonyl (C=O) groups excluding carboxylic acids is 1. The summed E-state index contributed by atoms with van der Waals surface area (Å²) in [7, 11) is 0. The van der Waals surface area contributed by atoms with Crippen LogP contribution in [0.25, 0.3) is 0 Å². The zero-order valence-electron chi connectivity index (χ0n) is 14.2. The zero-order chi connectivity index (χ0) is 16.2. The van der Waals surface area contributed by atoms with Gasteiger partial charge in [0.2, 0.25) is 5.91 Å². The van der Waals surface area contributed by atoms with Crippen LogP contribution < -0.4 is 5.73 Å². The maximum Gasteiger partial charge on any atom is 0.225 e. The van der Waals surface area contributed by atoms with Gasteiger partial charge in [0, 0.05) is 44.7 Å². The summed E-state index contributed by atoms with van der Waals surface area (Å²) < 4.78 is 0. The minimum atomic E-state index is 0.168. The van der Waals surface area contributed by atoms with E-state index >= 15 is 0 Å². The van der Waals surface area contributed by atoms with Gasteiger partial charge in [-0.25, -0.2) is 0 Å². The number of aryl methyl sites for hydroxylation is 1. The van der Waals surface area contributed by atoms with Crippen molar-refractivity contribution >= 4 is 5.91 Å². The van der Waals surface area contributed by atoms with Crippen LogP contribution in [0.15, 0.2) is 24.3 Å². The lowest BCUT2D eigenvalue weighted by molar-refractivity contribution is -0.138. The Balaban J connectivity index is 1.50. The number of nitrogens with two attached hydrogens (primary N) is 1. The zero-order valence-corrected chi connectivity index (χ0v) is 14.2. The van der Waals surface area contributed by atoms with Gasteiger partial charge >= 0.3 is 0 Å². The normalized spacial score (nSPS) is 26.3. The Bertz CT molecular complexity index is 537. The summed E-state index contributed by atoms with van der Waals surface area (Å²) in [4.78, 5) is 17.2. The average Bonchev–Trinajstić information content (AvgIpc) is 2.57. The van der Waals surface area contributed by atoms with E-state index in [1.165, 1.54) is 11.1 Å². The molecular weight excluding hydrogens is 286 g/mol. The van der Waals surface area contributed by atoms with E-state index in [9.17, 15) is 4.79 Å². The van der Waals surface area contributed by atoms with E-state index in [1.807, 2.05) is 0 Å². The molecular formula is C19H29N3O. The minimum absolute atomic E-state index is 0.168. The summed E-state index contributed by atoms with van der Waals surface area (Å²) in [6, 6.07) is 8.79. The van der Waals surface area contributed by atoms with E-state index in [0.29, 0.717) is 5.91 Å². The Kier molecular flexibility index (Phi) is 5.34. The molecule has 2 fully saturated rings. The first-order valence-electron chi connectivity index (χ1n) is 8.94. The monoisotopic (exact) mass is 315 g/mol. The largest absolute Gasteiger partial charge is 0.340 e. The Hall–Kier alpha value is -1.39. The summed E-state index contributed by atoms with van der Waals surface area (Å²) in [5.41, 5.74) is 8.78. The standard InChI is InChI=1S/C19H29N3O/c1-15-5-2-3-6-17(15)14-21-9-11-22(12-10-21)19(23)16-7-4-8-18(20)13-16/h2-3,5-6,16,18H,4,7-14,20H2,1H3. The van der Waals surface area contributed by atoms with Gasteiger partial charge in [-0.1, -0.05) is 30.7 Å². The van der Waals surface area contributed by atoms with Crippen LogP contribution in [0.1, 0.15) is 36.8 Å². The molecule has 126 valence electrons. The molecule has 2 unspecified atom stereocenters. The maximum atomic E-state index is 12.7. The summed E-state index contributed by atoms with van der Waals surface area (Å²) in [5, 5.41) is 0. The van der Waals surface area contributed by atoms with Crippen molar-refractivity contribution in [3.63, 3.8) is 0 Å². The van der Waals surface area contributed by atoms with Crippen LogP contribution >= 0.6 is 0 Å². The van der Waals surface area contributed by atoms with Gasteiger partial charge < -0.3 is 10.6 Å². The van der Waals surface area contributed by atoms with Crippen LogP contribution in [0.4, 0.5) is 0 Å². The lowest BCUT2D eigenvalue weighted by Gasteiger charge is -2.38. The molecule has 2 atom stereocenters. The molecule has 4 heteroatoms. The first kappa shape index (κ1) is 16.5. The van der Waals surface area contributed by atoms with E-state index in [4.69, 9.17) is 5.73 Å². The van der Waals surface area contributed by atoms with Crippen molar-refractivity contribution in [2.45, 2.75) is 45.2 Å². The molecule has 1 saturated carbocycles. The van der Waals surface area contributed by atoms with Crippen LogP contribution in [-0.4, -0.2) is 47.9 Å². The quantitative estimate of drug-likeness (QED) is 0.930. The Labute approximate surface area is 139 Å². The lowest BCUT2D eigenvalue weighted by atomic mass is 9.85. The second-order valence-corrected chi connectivity index (χ2v) is 7.15. The third kappa shape index (κ3) is 4.12. The van der Waals surface area contributed by atoms with E-state index in [0.717, 1.165) is 58.4 Å². The summed E-state index contributed by atoms with van der Waals surface area (Å²) in [5.74, 6) is 0.511. The molecule has 0 bridgehead atoms. The number of amides is 1. The number of hydrogen-bond donors (Lipinski definition) is 1. The van der Waals surface area contributed by atoms with Crippen LogP contribution in [-0.2, 0) is 11.3 Å². The molecule has 2 N–H and O–H groups in total. The molecule has 1 aliphatic carbocycles. The van der Waals surface area contributed by atoms with Crippen molar-refractivity contribution in [1.29, 1.82) is 0 Å². The van der Waals surface area contributed by atoms with Crippen molar-refractivity contribution < 1.29 is 4.79 Å². The highest BCUT2D eigenvalue weighted by Gasteiger charge is 2.30. The van der Waals surface area contributed by atoms with Crippen molar-refractivity contribution in [3.05, 3.63) is 35.4 Å². The van der Waals surface area contributed by atoms with E-state index in [1.54, 1.807) is 0 Å². The van der Waals surface area contributed by atoms with Crippen molar-refractivity contribution in [1.82, 2.24) is 9.80 Å². The molecule has 1 aromatic rings. The fourth-order valence-electron chi connectivity index (χ4n) is 3.86. The lowest BCUT2D eigenvalue weighted by Crippen LogP contribution is -2.51. The second kappa shape index (κ2) is 7.45. The summed E-state index contributed by atoms with van der Waals surface area (Å²) in [6.45, 7) is 6.81. The summed E-state index contributed by atoms with van der Waals surface area (Å²) in [6.07, 6.45) is 4.08. The van der Waals surface area contributed by atoms with Gasteiger partial charge in [0.05, 0.1) is 0 Å². The van der Waals surface area contributed by atoms with Gasteiger partial charge in [0.25, 0.3) is 0 Å². The van der Waals surface area contributed by atoms with Gasteiger partial charge in [-0.15, -0.1) is 0 Å². The van der Waals surface area contributed by atoms with Crippen molar-refractivity contribution in [3.8, 4) is 0 Å². The predicted octanol–water partition coefficient (Wildman–Crippen LogP) is 2.16. The molecule has 1 aliphatic heterocycles. The molecule has 4 nitrogen and oxygen atoms in total. The van der Waals surface area contributed by atoms with E-state index in [2.05, 4.69) is 41.0 Å². The number of hydrogen-bond acceptors (Lipinski definition) is 3. The molecule has 3 rings (SSSR count). The Morgan fingerprint density at radius 1 is 1.17 bits per heavy atom. The third-order valence-electron chi connectivity index (χ3n) is 5.40. The molecule has 1 saturated heterocycles. The fourth-order valence-corrected chi connectivity index (χ4v) is 3.86. The number of carbonyl (C=O) groups is 1. The van der Waals surface area contributed by atoms with Crippen LogP contribution in [0.5, 0.6) is 0 Å². The second-order valence-electron chi connectivity index (χ2n) is 7.15. The van der Waals surface area contributed by atoms with Gasteiger partial charge in [0.15, 0.2) is 0 Å². The minimum Gasteiger partial charge on any atom is -0.340 e. The first-order chi connectivity index (χ1) is 11.1. The number of benzene rings is 1. The number of rotatable bonds is 3. The Morgan fingerprint density at radius 2 is 1.91 bits per heavy atom. The SMILES string of the molecule is Cc1ccccc1CN1CCN(C(=O)C2CCCC(N)C2)CC1. The van der Waals surface area contributed by atoms with Gasteiger partial charge in [0.1, 0.15) is 0 Å². The Morgan fingerprint density at radius 3 is 2.61 bits per heavy atom. The van der Waals surface area contributed by atoms with Crippen molar-refractivity contribution in [2.24, 2.45) is 11.7 Å². The average molecular weight is 315 g/mol. The first-order valence-corrected chi connectivity index (χ1v) is 8.94. The molecule has 0 spiro atoms. The number of piperazine rings is 1. The highest BCUT2D eigenvalue weighted by Crippen LogP contribution is 2.25. The third-order valence-corrected chi connectivity index (χ3v) is 5.40. The smallest absolute Gasteiger partial charge is 0.225 e. The maximum absolute atomic E-state index is 12.7. The molecule has 1 amide bonds. The highest BCUT2D eigenvalue weighted by atomic mass is 16.2. The molecule has 1 heterocycles. The predicted molar refractivity (Wildman–Crippen MR) is 93.0 cm³/mol. The van der Waals surface area contributed by atoms with Crippen LogP contribution in [0.3, 0.4) is 0 Å². The molecule has 23 heavy (non-hydrogen) atoms. The highest BCUT2D eigenvalue weighted by molar-refractivity contribution is 5.79. The van der Waals surface area contributed by atoms with E-state index in [-0.39, 0.29) is 12.0 Å². The fraction of sp³-hybridized carbons (Fsp3) is 0.632. The van der Waals surface area contributed by atoms with Gasteiger partial charge in [-0.05, 0) is 37.3 Å². The van der Waals surface area contributed by atoms with Gasteiger partial charge in [-0.2, -0.15) is 0 Å². The van der Waals surface area contributed by atoms with E-state index < -0.39 is 0 Å². The molecule has 2 aliphatic rings. The molecule has 0 aromatic heterocycles. The molecule has 1 aromatic carbocycles.